The molecule has 0 bridgehead atoms. The van der Waals surface area contributed by atoms with Crippen molar-refractivity contribution in [3.63, 3.8) is 0 Å². The maximum absolute atomic E-state index is 12.0. The van der Waals surface area contributed by atoms with Crippen LogP contribution in [0.4, 0.5) is 4.79 Å². The molecule has 114 valence electrons. The summed E-state index contributed by atoms with van der Waals surface area (Å²) in [5.41, 5.74) is 0. The van der Waals surface area contributed by atoms with Crippen molar-refractivity contribution in [3.8, 4) is 0 Å². The third-order valence-electron chi connectivity index (χ3n) is 3.12. The minimum Gasteiger partial charge on any atom is -0.481 e. The lowest BCUT2D eigenvalue weighted by Crippen LogP contribution is -2.53. The maximum Gasteiger partial charge on any atom is 0.326 e. The lowest BCUT2D eigenvalue weighted by Gasteiger charge is -2.33. The van der Waals surface area contributed by atoms with Gasteiger partial charge in [-0.1, -0.05) is 6.92 Å². The predicted octanol–water partition coefficient (Wildman–Crippen LogP) is 0.125. The number of morpholine rings is 1. The summed E-state index contributed by atoms with van der Waals surface area (Å²) in [6, 6.07) is -1.69. The van der Waals surface area contributed by atoms with Crippen LogP contribution in [-0.4, -0.2) is 64.9 Å². The summed E-state index contributed by atoms with van der Waals surface area (Å²) in [6.45, 7) is 3.17. The first-order valence-electron chi connectivity index (χ1n) is 6.55. The van der Waals surface area contributed by atoms with E-state index in [2.05, 4.69) is 5.32 Å². The predicted molar refractivity (Wildman–Crippen MR) is 68.4 cm³/mol. The van der Waals surface area contributed by atoms with Crippen LogP contribution in [0.3, 0.4) is 0 Å². The van der Waals surface area contributed by atoms with Gasteiger partial charge >= 0.3 is 18.0 Å². The number of carbonyl (C=O) groups excluding carboxylic acids is 1. The molecule has 1 aliphatic heterocycles. The minimum atomic E-state index is -1.24. The normalized spacial score (nSPS) is 20.2. The van der Waals surface area contributed by atoms with Crippen molar-refractivity contribution in [1.29, 1.82) is 0 Å². The third-order valence-corrected chi connectivity index (χ3v) is 3.12. The molecule has 1 heterocycles. The molecular weight excluding hydrogens is 268 g/mol. The van der Waals surface area contributed by atoms with Gasteiger partial charge in [0.05, 0.1) is 12.7 Å². The molecule has 1 unspecified atom stereocenters. The highest BCUT2D eigenvalue weighted by molar-refractivity contribution is 5.83. The van der Waals surface area contributed by atoms with Crippen molar-refractivity contribution in [2.45, 2.75) is 38.3 Å². The second-order valence-electron chi connectivity index (χ2n) is 4.62. The van der Waals surface area contributed by atoms with Gasteiger partial charge in [-0.3, -0.25) is 4.79 Å². The van der Waals surface area contributed by atoms with Crippen molar-refractivity contribution < 1.29 is 29.3 Å². The first kappa shape index (κ1) is 16.2. The SMILES string of the molecule is CCC1CN(C(=O)N[C@@H](CCC(=O)O)C(=O)O)CCO1. The van der Waals surface area contributed by atoms with Gasteiger partial charge < -0.3 is 25.2 Å². The van der Waals surface area contributed by atoms with Gasteiger partial charge in [0.25, 0.3) is 0 Å². The van der Waals surface area contributed by atoms with Crippen LogP contribution in [0, 0.1) is 0 Å². The van der Waals surface area contributed by atoms with Crippen LogP contribution in [0.1, 0.15) is 26.2 Å². The molecule has 1 aliphatic rings. The van der Waals surface area contributed by atoms with E-state index >= 15 is 0 Å². The second kappa shape index (κ2) is 7.68. The first-order chi connectivity index (χ1) is 9.43. The molecule has 1 fully saturated rings. The molecule has 0 radical (unpaired) electrons. The number of ether oxygens (including phenoxy) is 1. The van der Waals surface area contributed by atoms with Gasteiger partial charge in [0.2, 0.25) is 0 Å². The zero-order valence-corrected chi connectivity index (χ0v) is 11.4. The maximum atomic E-state index is 12.0. The Morgan fingerprint density at radius 2 is 2.10 bits per heavy atom. The smallest absolute Gasteiger partial charge is 0.326 e. The molecule has 8 nitrogen and oxygen atoms in total. The fourth-order valence-corrected chi connectivity index (χ4v) is 1.92. The van der Waals surface area contributed by atoms with E-state index in [1.54, 1.807) is 0 Å². The summed E-state index contributed by atoms with van der Waals surface area (Å²) in [5, 5.41) is 19.9. The number of nitrogens with one attached hydrogen (secondary N) is 1. The number of carboxylic acid groups (broad SMARTS) is 2. The molecule has 1 saturated heterocycles. The zero-order chi connectivity index (χ0) is 15.1. The molecule has 0 aromatic carbocycles. The molecule has 0 aromatic rings. The summed E-state index contributed by atoms with van der Waals surface area (Å²) < 4.78 is 5.42. The standard InChI is InChI=1S/C12H20N2O6/c1-2-8-7-14(5-6-20-8)12(19)13-9(11(17)18)3-4-10(15)16/h8-9H,2-7H2,1H3,(H,13,19)(H,15,16)(H,17,18)/t8?,9-/m0/s1. The van der Waals surface area contributed by atoms with Crippen molar-refractivity contribution in [1.82, 2.24) is 10.2 Å². The van der Waals surface area contributed by atoms with Crippen LogP contribution < -0.4 is 5.32 Å². The van der Waals surface area contributed by atoms with Gasteiger partial charge in [0.1, 0.15) is 6.04 Å². The van der Waals surface area contributed by atoms with Crippen molar-refractivity contribution in [2.24, 2.45) is 0 Å². The number of amides is 2. The van der Waals surface area contributed by atoms with Gasteiger partial charge in [0, 0.05) is 19.5 Å². The van der Waals surface area contributed by atoms with Crippen LogP contribution in [0.2, 0.25) is 0 Å². The largest absolute Gasteiger partial charge is 0.481 e. The van der Waals surface area contributed by atoms with Crippen LogP contribution in [0.5, 0.6) is 0 Å². The van der Waals surface area contributed by atoms with E-state index < -0.39 is 24.0 Å². The van der Waals surface area contributed by atoms with E-state index in [0.717, 1.165) is 6.42 Å². The molecule has 0 aromatic heterocycles. The number of hydrogen-bond acceptors (Lipinski definition) is 4. The van der Waals surface area contributed by atoms with Crippen molar-refractivity contribution >= 4 is 18.0 Å². The van der Waals surface area contributed by atoms with E-state index in [0.29, 0.717) is 19.7 Å². The molecule has 0 aliphatic carbocycles. The number of urea groups is 1. The Bertz CT molecular complexity index is 373. The zero-order valence-electron chi connectivity index (χ0n) is 11.4. The summed E-state index contributed by atoms with van der Waals surface area (Å²) in [4.78, 5) is 34.9. The molecule has 0 spiro atoms. The molecule has 8 heteroatoms. The van der Waals surface area contributed by atoms with Crippen LogP contribution >= 0.6 is 0 Å². The highest BCUT2D eigenvalue weighted by Gasteiger charge is 2.27. The van der Waals surface area contributed by atoms with Gasteiger partial charge in [-0.05, 0) is 12.8 Å². The van der Waals surface area contributed by atoms with Crippen LogP contribution in [0.25, 0.3) is 0 Å². The van der Waals surface area contributed by atoms with E-state index in [4.69, 9.17) is 14.9 Å². The van der Waals surface area contributed by atoms with Gasteiger partial charge in [-0.25, -0.2) is 9.59 Å². The van der Waals surface area contributed by atoms with Crippen LogP contribution in [0.15, 0.2) is 0 Å². The number of rotatable bonds is 6. The molecule has 1 rings (SSSR count). The average molecular weight is 288 g/mol. The van der Waals surface area contributed by atoms with Crippen molar-refractivity contribution in [2.75, 3.05) is 19.7 Å². The topological polar surface area (TPSA) is 116 Å². The summed E-state index contributed by atoms with van der Waals surface area (Å²) >= 11 is 0. The molecular formula is C12H20N2O6. The Morgan fingerprint density at radius 3 is 2.65 bits per heavy atom. The number of carbonyl (C=O) groups is 3. The lowest BCUT2D eigenvalue weighted by molar-refractivity contribution is -0.140. The molecule has 2 amide bonds. The highest BCUT2D eigenvalue weighted by atomic mass is 16.5. The molecule has 3 N–H and O–H groups in total. The monoisotopic (exact) mass is 288 g/mol. The third kappa shape index (κ3) is 5.04. The lowest BCUT2D eigenvalue weighted by atomic mass is 10.1. The Labute approximate surface area is 116 Å². The second-order valence-corrected chi connectivity index (χ2v) is 4.62. The summed E-state index contributed by atoms with van der Waals surface area (Å²) in [5.74, 6) is -2.33. The van der Waals surface area contributed by atoms with Crippen LogP contribution in [-0.2, 0) is 14.3 Å². The Hall–Kier alpha value is -1.83. The Balaban J connectivity index is 2.52. The van der Waals surface area contributed by atoms with Gasteiger partial charge in [0.15, 0.2) is 0 Å². The average Bonchev–Trinajstić information content (AvgIpc) is 2.42. The first-order valence-corrected chi connectivity index (χ1v) is 6.55. The fourth-order valence-electron chi connectivity index (χ4n) is 1.92. The van der Waals surface area contributed by atoms with E-state index in [1.807, 2.05) is 6.92 Å². The van der Waals surface area contributed by atoms with E-state index in [9.17, 15) is 14.4 Å². The summed E-state index contributed by atoms with van der Waals surface area (Å²) in [6.07, 6.45) is 0.276. The molecule has 0 saturated carbocycles. The number of hydrogen-bond donors (Lipinski definition) is 3. The molecule has 2 atom stereocenters. The summed E-state index contributed by atoms with van der Waals surface area (Å²) in [7, 11) is 0. The number of nitrogens with zero attached hydrogens (tertiary/aromatic N) is 1. The van der Waals surface area contributed by atoms with Gasteiger partial charge in [-0.2, -0.15) is 0 Å². The number of aliphatic carboxylic acids is 2. The Kier molecular flexibility index (Phi) is 6.23. The highest BCUT2D eigenvalue weighted by Crippen LogP contribution is 2.09. The van der Waals surface area contributed by atoms with Crippen molar-refractivity contribution in [3.05, 3.63) is 0 Å². The quantitative estimate of drug-likeness (QED) is 0.639. The van der Waals surface area contributed by atoms with Gasteiger partial charge in [-0.15, -0.1) is 0 Å². The minimum absolute atomic E-state index is 0.0446. The van der Waals surface area contributed by atoms with E-state index in [-0.39, 0.29) is 18.9 Å². The fraction of sp³-hybridized carbons (Fsp3) is 0.750. The number of carboxylic acids is 2. The van der Waals surface area contributed by atoms with E-state index in [1.165, 1.54) is 4.90 Å². The molecule has 20 heavy (non-hydrogen) atoms. The Morgan fingerprint density at radius 1 is 1.40 bits per heavy atom.